The lowest BCUT2D eigenvalue weighted by atomic mass is 10.2. The zero-order valence-corrected chi connectivity index (χ0v) is 13.5. The molecule has 0 aliphatic rings. The van der Waals surface area contributed by atoms with Crippen LogP contribution in [0.1, 0.15) is 10.4 Å². The van der Waals surface area contributed by atoms with Gasteiger partial charge in [0.15, 0.2) is 5.82 Å². The summed E-state index contributed by atoms with van der Waals surface area (Å²) >= 11 is 1.53. The van der Waals surface area contributed by atoms with E-state index in [2.05, 4.69) is 20.3 Å². The van der Waals surface area contributed by atoms with Crippen molar-refractivity contribution < 1.29 is 9.53 Å². The summed E-state index contributed by atoms with van der Waals surface area (Å²) in [4.78, 5) is 25.7. The van der Waals surface area contributed by atoms with Gasteiger partial charge >= 0.3 is 5.97 Å². The molecule has 0 saturated carbocycles. The van der Waals surface area contributed by atoms with Gasteiger partial charge in [0.25, 0.3) is 0 Å². The maximum atomic E-state index is 11.7. The smallest absolute Gasteiger partial charge is 0.337 e. The molecule has 0 fully saturated rings. The first-order valence-electron chi connectivity index (χ1n) is 7.20. The third kappa shape index (κ3) is 2.44. The maximum absolute atomic E-state index is 11.7. The third-order valence-electron chi connectivity index (χ3n) is 3.58. The molecule has 0 saturated heterocycles. The fourth-order valence-corrected chi connectivity index (χ4v) is 3.52. The van der Waals surface area contributed by atoms with Gasteiger partial charge in [-0.2, -0.15) is 0 Å². The zero-order valence-electron chi connectivity index (χ0n) is 12.7. The van der Waals surface area contributed by atoms with Crippen LogP contribution in [0.5, 0.6) is 0 Å². The number of carbonyl (C=O) groups is 1. The Morgan fingerprint density at radius 1 is 1.17 bits per heavy atom. The summed E-state index contributed by atoms with van der Waals surface area (Å²) in [5.41, 5.74) is 2.10. The number of rotatable bonds is 3. The second-order valence-electron chi connectivity index (χ2n) is 5.06. The normalized spacial score (nSPS) is 10.9. The lowest BCUT2D eigenvalue weighted by Gasteiger charge is -2.07. The molecule has 1 aromatic carbocycles. The molecule has 6 nitrogen and oxygen atoms in total. The molecule has 4 rings (SSSR count). The number of hydrogen-bond acceptors (Lipinski definition) is 7. The van der Waals surface area contributed by atoms with Gasteiger partial charge in [-0.25, -0.2) is 19.7 Å². The molecular formula is C17H12N4O2S. The van der Waals surface area contributed by atoms with Gasteiger partial charge in [0, 0.05) is 17.3 Å². The number of thiophene rings is 1. The molecule has 0 atom stereocenters. The van der Waals surface area contributed by atoms with Crippen molar-refractivity contribution in [3.63, 3.8) is 0 Å². The Labute approximate surface area is 141 Å². The summed E-state index contributed by atoms with van der Waals surface area (Å²) in [6.45, 7) is 0. The number of hydrogen-bond donors (Lipinski definition) is 1. The second kappa shape index (κ2) is 5.86. The van der Waals surface area contributed by atoms with Crippen molar-refractivity contribution in [2.24, 2.45) is 0 Å². The molecule has 0 spiro atoms. The minimum absolute atomic E-state index is 0.377. The molecule has 0 aliphatic heterocycles. The van der Waals surface area contributed by atoms with E-state index in [-0.39, 0.29) is 5.97 Å². The first kappa shape index (κ1) is 14.5. The van der Waals surface area contributed by atoms with E-state index in [9.17, 15) is 4.79 Å². The minimum atomic E-state index is -0.377. The lowest BCUT2D eigenvalue weighted by molar-refractivity contribution is 0.0601. The molecule has 118 valence electrons. The number of fused-ring (bicyclic) bond motifs is 3. The number of aromatic nitrogens is 3. The molecular weight excluding hydrogens is 324 g/mol. The van der Waals surface area contributed by atoms with E-state index in [1.165, 1.54) is 24.8 Å². The highest BCUT2D eigenvalue weighted by molar-refractivity contribution is 7.25. The quantitative estimate of drug-likeness (QED) is 0.574. The summed E-state index contributed by atoms with van der Waals surface area (Å²) in [6.07, 6.45) is 3.28. The van der Waals surface area contributed by atoms with Crippen LogP contribution in [0.2, 0.25) is 0 Å². The van der Waals surface area contributed by atoms with Gasteiger partial charge in [0.05, 0.1) is 22.9 Å². The van der Waals surface area contributed by atoms with Crippen LogP contribution < -0.4 is 5.32 Å². The Morgan fingerprint density at radius 2 is 2.08 bits per heavy atom. The van der Waals surface area contributed by atoms with Crippen LogP contribution in [0.15, 0.2) is 48.9 Å². The summed E-state index contributed by atoms with van der Waals surface area (Å²) < 4.78 is 5.68. The van der Waals surface area contributed by atoms with Crippen molar-refractivity contribution in [1.29, 1.82) is 0 Å². The van der Waals surface area contributed by atoms with Gasteiger partial charge < -0.3 is 10.1 Å². The molecule has 0 aliphatic carbocycles. The molecule has 0 unspecified atom stereocenters. The number of benzene rings is 1. The van der Waals surface area contributed by atoms with Crippen LogP contribution in [0.4, 0.5) is 11.5 Å². The Balaban J connectivity index is 1.79. The third-order valence-corrected chi connectivity index (χ3v) is 4.68. The molecule has 3 heterocycles. The first-order chi connectivity index (χ1) is 11.8. The van der Waals surface area contributed by atoms with Gasteiger partial charge in [-0.15, -0.1) is 11.3 Å². The molecule has 0 radical (unpaired) electrons. The van der Waals surface area contributed by atoms with Crippen LogP contribution in [0.25, 0.3) is 20.4 Å². The largest absolute Gasteiger partial charge is 0.465 e. The van der Waals surface area contributed by atoms with E-state index in [1.807, 2.05) is 18.2 Å². The van der Waals surface area contributed by atoms with Crippen molar-refractivity contribution in [3.8, 4) is 0 Å². The molecule has 0 bridgehead atoms. The van der Waals surface area contributed by atoms with Gasteiger partial charge in [-0.05, 0) is 30.3 Å². The van der Waals surface area contributed by atoms with Crippen molar-refractivity contribution in [3.05, 3.63) is 54.5 Å². The highest BCUT2D eigenvalue weighted by atomic mass is 32.1. The molecule has 4 aromatic rings. The summed E-state index contributed by atoms with van der Waals surface area (Å²) in [6, 6.07) is 11.0. The van der Waals surface area contributed by atoms with E-state index >= 15 is 0 Å². The van der Waals surface area contributed by atoms with E-state index in [0.717, 1.165) is 26.1 Å². The second-order valence-corrected chi connectivity index (χ2v) is 6.05. The van der Waals surface area contributed by atoms with Crippen molar-refractivity contribution in [1.82, 2.24) is 15.0 Å². The number of methoxy groups -OCH3 is 1. The van der Waals surface area contributed by atoms with Crippen molar-refractivity contribution in [2.45, 2.75) is 0 Å². The highest BCUT2D eigenvalue weighted by Gasteiger charge is 2.12. The van der Waals surface area contributed by atoms with Crippen LogP contribution in [-0.2, 0) is 4.74 Å². The average molecular weight is 336 g/mol. The van der Waals surface area contributed by atoms with E-state index in [1.54, 1.807) is 24.4 Å². The molecule has 24 heavy (non-hydrogen) atoms. The van der Waals surface area contributed by atoms with Crippen LogP contribution >= 0.6 is 11.3 Å². The van der Waals surface area contributed by atoms with Crippen LogP contribution in [0, 0.1) is 0 Å². The number of pyridine rings is 1. The fraction of sp³-hybridized carbons (Fsp3) is 0.0588. The molecule has 3 aromatic heterocycles. The Hall–Kier alpha value is -3.06. The highest BCUT2D eigenvalue weighted by Crippen LogP contribution is 2.35. The zero-order chi connectivity index (χ0) is 16.5. The summed E-state index contributed by atoms with van der Waals surface area (Å²) in [5.74, 6) is 0.308. The molecule has 1 N–H and O–H groups in total. The van der Waals surface area contributed by atoms with E-state index in [0.29, 0.717) is 11.4 Å². The van der Waals surface area contributed by atoms with Gasteiger partial charge in [0.1, 0.15) is 11.2 Å². The number of ether oxygens (including phenoxy) is 1. The Kier molecular flexibility index (Phi) is 3.55. The number of esters is 1. The SMILES string of the molecule is COC(=O)c1cccc(Nc2ncnc3c2sc2ncccc23)c1. The summed E-state index contributed by atoms with van der Waals surface area (Å²) in [7, 11) is 1.36. The van der Waals surface area contributed by atoms with Crippen molar-refractivity contribution >= 4 is 49.2 Å². The lowest BCUT2D eigenvalue weighted by Crippen LogP contribution is -2.02. The fourth-order valence-electron chi connectivity index (χ4n) is 2.48. The van der Waals surface area contributed by atoms with E-state index < -0.39 is 0 Å². The Bertz CT molecular complexity index is 1060. The predicted molar refractivity (Wildman–Crippen MR) is 93.8 cm³/mol. The maximum Gasteiger partial charge on any atom is 0.337 e. The van der Waals surface area contributed by atoms with E-state index in [4.69, 9.17) is 4.74 Å². The van der Waals surface area contributed by atoms with Crippen LogP contribution in [0.3, 0.4) is 0 Å². The monoisotopic (exact) mass is 336 g/mol. The topological polar surface area (TPSA) is 77.0 Å². The van der Waals surface area contributed by atoms with Crippen LogP contribution in [-0.4, -0.2) is 28.0 Å². The number of anilines is 2. The molecule has 0 amide bonds. The number of carbonyl (C=O) groups excluding carboxylic acids is 1. The van der Waals surface area contributed by atoms with Crippen molar-refractivity contribution in [2.75, 3.05) is 12.4 Å². The Morgan fingerprint density at radius 3 is 2.96 bits per heavy atom. The standard InChI is InChI=1S/C17H12N4O2S/c1-23-17(22)10-4-2-5-11(8-10)21-15-14-13(19-9-20-15)12-6-3-7-18-16(12)24-14/h2-9H,1H3,(H,19,20,21). The van der Waals surface area contributed by atoms with Gasteiger partial charge in [-0.3, -0.25) is 0 Å². The number of nitrogens with zero attached hydrogens (tertiary/aromatic N) is 3. The minimum Gasteiger partial charge on any atom is -0.465 e. The van der Waals surface area contributed by atoms with Gasteiger partial charge in [-0.1, -0.05) is 6.07 Å². The first-order valence-corrected chi connectivity index (χ1v) is 8.01. The predicted octanol–water partition coefficient (Wildman–Crippen LogP) is 3.77. The number of nitrogens with one attached hydrogen (secondary N) is 1. The summed E-state index contributed by atoms with van der Waals surface area (Å²) in [5, 5.41) is 4.26. The van der Waals surface area contributed by atoms with Gasteiger partial charge in [0.2, 0.25) is 0 Å². The average Bonchev–Trinajstić information content (AvgIpc) is 3.01. The molecule has 7 heteroatoms.